The molecule has 212 valence electrons. The maximum Gasteiger partial charge on any atom is 0.340 e. The molecule has 40 heavy (non-hydrogen) atoms. The number of aliphatic hydroxyl groups excluding tert-OH is 2. The van der Waals surface area contributed by atoms with Gasteiger partial charge in [-0.15, -0.1) is 0 Å². The Hall–Kier alpha value is -2.81. The van der Waals surface area contributed by atoms with E-state index >= 15 is 0 Å². The van der Waals surface area contributed by atoms with Crippen LogP contribution < -0.4 is 5.43 Å². The zero-order chi connectivity index (χ0) is 28.7. The van der Waals surface area contributed by atoms with E-state index in [2.05, 4.69) is 25.6 Å². The predicted molar refractivity (Wildman–Crippen MR) is 144 cm³/mol. The second kappa shape index (κ2) is 11.2. The lowest BCUT2D eigenvalue weighted by Gasteiger charge is -2.18. The fourth-order valence-corrected chi connectivity index (χ4v) is 6.96. The average Bonchev–Trinajstić information content (AvgIpc) is 3.42. The van der Waals surface area contributed by atoms with Crippen molar-refractivity contribution in [3.05, 3.63) is 59.5 Å². The van der Waals surface area contributed by atoms with E-state index in [1.54, 1.807) is 6.21 Å². The molecule has 2 aromatic carbocycles. The second-order valence-corrected chi connectivity index (χ2v) is 13.2. The zero-order valence-corrected chi connectivity index (χ0v) is 22.8. The Morgan fingerprint density at radius 2 is 1.82 bits per heavy atom. The van der Waals surface area contributed by atoms with Crippen LogP contribution in [-0.2, 0) is 18.4 Å². The molecule has 1 fully saturated rings. The van der Waals surface area contributed by atoms with Crippen LogP contribution in [0.15, 0.2) is 53.8 Å². The second-order valence-electron chi connectivity index (χ2n) is 8.89. The first-order chi connectivity index (χ1) is 18.9. The molecular weight excluding hydrogens is 590 g/mol. The third-order valence-corrected chi connectivity index (χ3v) is 9.63. The van der Waals surface area contributed by atoms with Crippen LogP contribution in [-0.4, -0.2) is 81.7 Å². The highest BCUT2D eigenvalue weighted by Crippen LogP contribution is 2.55. The smallest absolute Gasteiger partial charge is 0.340 e. The van der Waals surface area contributed by atoms with Crippen molar-refractivity contribution in [1.82, 2.24) is 19.7 Å². The number of nitrogens with zero attached hydrogens (tertiary/aromatic N) is 5. The largest absolute Gasteiger partial charge is 0.387 e. The lowest BCUT2D eigenvalue weighted by molar-refractivity contribution is -0.0541. The minimum atomic E-state index is -4.85. The number of anilines is 1. The van der Waals surface area contributed by atoms with E-state index in [1.165, 1.54) is 6.20 Å². The first kappa shape index (κ1) is 28.7. The Labute approximate surface area is 230 Å². The van der Waals surface area contributed by atoms with E-state index in [1.807, 2.05) is 42.5 Å². The molecular formula is C22H23ClN6O9P2. The fraction of sp³-hybridized carbons (Fsp3) is 0.273. The Bertz CT molecular complexity index is 1680. The van der Waals surface area contributed by atoms with Crippen molar-refractivity contribution in [2.45, 2.75) is 24.5 Å². The molecule has 3 heterocycles. The normalized spacial score (nSPS) is 23.2. The molecule has 6 N–H and O–H groups in total. The molecule has 18 heteroatoms. The summed E-state index contributed by atoms with van der Waals surface area (Å²) in [5.41, 5.74) is 3.79. The number of hydrogen-bond donors (Lipinski definition) is 6. The summed E-state index contributed by atoms with van der Waals surface area (Å²) in [6, 6.07) is 13.6. The summed E-state index contributed by atoms with van der Waals surface area (Å²) in [5, 5.41) is 31.7. The molecule has 0 aliphatic carbocycles. The van der Waals surface area contributed by atoms with Gasteiger partial charge in [0.2, 0.25) is 5.28 Å². The minimum Gasteiger partial charge on any atom is -0.387 e. The molecule has 0 radical (unpaired) electrons. The van der Waals surface area contributed by atoms with Gasteiger partial charge in [0, 0.05) is 5.56 Å². The quantitative estimate of drug-likeness (QED) is 0.0690. The first-order valence-corrected chi connectivity index (χ1v) is 15.6. The van der Waals surface area contributed by atoms with Gasteiger partial charge in [0.15, 0.2) is 23.6 Å². The fourth-order valence-electron chi connectivity index (χ4n) is 4.23. The van der Waals surface area contributed by atoms with Crippen molar-refractivity contribution < 1.29 is 43.3 Å². The Balaban J connectivity index is 1.35. The number of hydrogen-bond acceptors (Lipinski definition) is 11. The van der Waals surface area contributed by atoms with Crippen LogP contribution in [0.25, 0.3) is 21.8 Å². The molecule has 15 nitrogen and oxygen atoms in total. The number of fused-ring (bicyclic) bond motifs is 2. The SMILES string of the molecule is O=P(O)(O)CP(=O)(O)OC[C@H]1O[C@@H](n2ncc3c(N/N=C/c4cccc5ccccc45)nc(Cl)nc32)[C@H](O)[C@@H]1O. The zero-order valence-electron chi connectivity index (χ0n) is 20.3. The molecule has 1 saturated heterocycles. The van der Waals surface area contributed by atoms with E-state index in [4.69, 9.17) is 30.6 Å². The number of nitrogens with one attached hydrogen (secondary N) is 1. The van der Waals surface area contributed by atoms with Crippen LogP contribution in [0.2, 0.25) is 5.28 Å². The predicted octanol–water partition coefficient (Wildman–Crippen LogP) is 2.04. The van der Waals surface area contributed by atoms with E-state index in [-0.39, 0.29) is 16.7 Å². The van der Waals surface area contributed by atoms with Crippen molar-refractivity contribution in [1.29, 1.82) is 0 Å². The standard InChI is InChI=1S/C22H23ClN6O9P2/c23-22-26-19(28-24-8-13-6-3-5-12-4-1-2-7-14(12)13)15-9-25-29(20(15)27-22)21-18(31)17(30)16(38-21)10-37-40(35,36)11-39(32,33)34/h1-9,16-18,21,30-31H,10-11H2,(H,35,36)(H,26,27,28)(H2,32,33,34)/b24-8+/t16-,17-,18-,21-/m1/s1. The number of halogens is 1. The Morgan fingerprint density at radius 3 is 2.60 bits per heavy atom. The number of aliphatic hydroxyl groups is 2. The summed E-state index contributed by atoms with van der Waals surface area (Å²) in [6.45, 7) is -0.743. The van der Waals surface area contributed by atoms with Gasteiger partial charge in [0.1, 0.15) is 18.3 Å². The molecule has 0 saturated carbocycles. The topological polar surface area (TPSA) is 222 Å². The third kappa shape index (κ3) is 6.24. The Kier molecular flexibility index (Phi) is 8.06. The van der Waals surface area contributed by atoms with E-state index in [0.717, 1.165) is 21.0 Å². The van der Waals surface area contributed by atoms with Crippen molar-refractivity contribution in [3.63, 3.8) is 0 Å². The van der Waals surface area contributed by atoms with Crippen molar-refractivity contribution in [2.75, 3.05) is 17.9 Å². The van der Waals surface area contributed by atoms with Crippen molar-refractivity contribution >= 4 is 60.6 Å². The highest BCUT2D eigenvalue weighted by molar-refractivity contribution is 7.70. The summed E-state index contributed by atoms with van der Waals surface area (Å²) in [6.07, 6.45) is -2.84. The van der Waals surface area contributed by atoms with Gasteiger partial charge in [0.05, 0.1) is 24.4 Å². The van der Waals surface area contributed by atoms with Crippen molar-refractivity contribution in [2.24, 2.45) is 5.10 Å². The van der Waals surface area contributed by atoms with Gasteiger partial charge >= 0.3 is 15.2 Å². The number of rotatable bonds is 9. The average molecular weight is 613 g/mol. The van der Waals surface area contributed by atoms with E-state index in [0.29, 0.717) is 5.39 Å². The minimum absolute atomic E-state index is 0.120. The molecule has 0 bridgehead atoms. The molecule has 0 amide bonds. The van der Waals surface area contributed by atoms with Gasteiger partial charge in [-0.2, -0.15) is 20.2 Å². The third-order valence-electron chi connectivity index (χ3n) is 6.01. The molecule has 5 rings (SSSR count). The summed E-state index contributed by atoms with van der Waals surface area (Å²) in [7, 11) is -9.56. The maximum absolute atomic E-state index is 11.9. The number of benzene rings is 2. The molecule has 1 aliphatic heterocycles. The van der Waals surface area contributed by atoms with E-state index < -0.39 is 52.2 Å². The van der Waals surface area contributed by atoms with Crippen LogP contribution in [0.5, 0.6) is 0 Å². The van der Waals surface area contributed by atoms with Gasteiger partial charge in [-0.25, -0.2) is 4.68 Å². The molecule has 1 unspecified atom stereocenters. The number of ether oxygens (including phenoxy) is 1. The molecule has 1 aliphatic rings. The summed E-state index contributed by atoms with van der Waals surface area (Å²) in [4.78, 5) is 35.9. The van der Waals surface area contributed by atoms with Crippen LogP contribution in [0.3, 0.4) is 0 Å². The lowest BCUT2D eigenvalue weighted by atomic mass is 10.1. The van der Waals surface area contributed by atoms with E-state index in [9.17, 15) is 24.2 Å². The number of aromatic nitrogens is 4. The van der Waals surface area contributed by atoms with Gasteiger partial charge < -0.3 is 34.2 Å². The van der Waals surface area contributed by atoms with Gasteiger partial charge in [0.25, 0.3) is 0 Å². The molecule has 0 spiro atoms. The van der Waals surface area contributed by atoms with Crippen molar-refractivity contribution in [3.8, 4) is 0 Å². The highest BCUT2D eigenvalue weighted by Gasteiger charge is 2.46. The van der Waals surface area contributed by atoms with Crippen LogP contribution in [0.4, 0.5) is 5.82 Å². The van der Waals surface area contributed by atoms with Gasteiger partial charge in [-0.1, -0.05) is 42.5 Å². The van der Waals surface area contributed by atoms with Crippen LogP contribution >= 0.6 is 26.8 Å². The van der Waals surface area contributed by atoms with Gasteiger partial charge in [-0.05, 0) is 22.4 Å². The number of hydrazone groups is 1. The van der Waals surface area contributed by atoms with Gasteiger partial charge in [-0.3, -0.25) is 14.6 Å². The van der Waals surface area contributed by atoms with Crippen LogP contribution in [0, 0.1) is 0 Å². The first-order valence-electron chi connectivity index (χ1n) is 11.6. The molecule has 4 aromatic rings. The maximum atomic E-state index is 11.9. The monoisotopic (exact) mass is 612 g/mol. The molecule has 2 aromatic heterocycles. The summed E-state index contributed by atoms with van der Waals surface area (Å²) < 4.78 is 34.5. The highest BCUT2D eigenvalue weighted by atomic mass is 35.5. The Morgan fingerprint density at radius 1 is 1.07 bits per heavy atom. The van der Waals surface area contributed by atoms with Crippen LogP contribution in [0.1, 0.15) is 11.8 Å². The lowest BCUT2D eigenvalue weighted by Crippen LogP contribution is -2.33. The summed E-state index contributed by atoms with van der Waals surface area (Å²) in [5.74, 6) is -1.21. The molecule has 5 atom stereocenters. The summed E-state index contributed by atoms with van der Waals surface area (Å²) >= 11 is 6.13.